The lowest BCUT2D eigenvalue weighted by Crippen LogP contribution is -2.41. The van der Waals surface area contributed by atoms with Gasteiger partial charge in [-0.25, -0.2) is 71.2 Å². The smallest absolute Gasteiger partial charge is 0.223 e. The predicted octanol–water partition coefficient (Wildman–Crippen LogP) is 17.3. The summed E-state index contributed by atoms with van der Waals surface area (Å²) in [6.07, 6.45) is 13.7. The van der Waals surface area contributed by atoms with Gasteiger partial charge in [0.15, 0.2) is 0 Å². The lowest BCUT2D eigenvalue weighted by Gasteiger charge is -2.32. The number of sulfonamides is 1. The molecule has 0 radical (unpaired) electrons. The van der Waals surface area contributed by atoms with Crippen molar-refractivity contribution in [1.29, 1.82) is 0 Å². The Labute approximate surface area is 686 Å². The lowest BCUT2D eigenvalue weighted by atomic mass is 10.1. The Hall–Kier alpha value is -12.4. The summed E-state index contributed by atoms with van der Waals surface area (Å²) >= 11 is 0. The van der Waals surface area contributed by atoms with Crippen LogP contribution in [-0.2, 0) is 29.7 Å². The number of fused-ring (bicyclic) bond motifs is 3. The summed E-state index contributed by atoms with van der Waals surface area (Å²) in [6.45, 7) is 18.3. The number of aromatic nitrogens is 12. The SMILES string of the molecule is CC(C)N(C)Cc1ccn2c(-c3ccnc(N[C@@H](C)c4ccccc4)n3)c(-c3ccc(F)cc3)nc2c1.C[C@H](Nc1nccc(-c2c(-c3ccc(F)cc3)nc3cc(CN(C)CCN4CCC4)ccn23)n1)c1ccccc1.C[C@H](Nc1nccc(-c2c(-c3ccc(F)cc3)nc3cc(CN(C)CCNS(C)(=O)=O)ccn23)n1)c1ccccc1. The van der Waals surface area contributed by atoms with Crippen molar-refractivity contribution in [2.75, 3.05) is 82.6 Å². The highest BCUT2D eigenvalue weighted by Crippen LogP contribution is 2.37. The molecule has 604 valence electrons. The van der Waals surface area contributed by atoms with E-state index in [2.05, 4.69) is 170 Å². The molecule has 22 nitrogen and oxygen atoms in total. The van der Waals surface area contributed by atoms with Crippen molar-refractivity contribution < 1.29 is 21.6 Å². The van der Waals surface area contributed by atoms with Gasteiger partial charge in [-0.05, 0) is 236 Å². The fraction of sp³-hybridized carbons (Fsp3) is 0.250. The quantitative estimate of drug-likeness (QED) is 0.0342. The molecule has 6 aromatic carbocycles. The van der Waals surface area contributed by atoms with Gasteiger partial charge in [0.2, 0.25) is 27.9 Å². The van der Waals surface area contributed by atoms with Gasteiger partial charge in [-0.3, -0.25) is 18.1 Å². The average Bonchev–Trinajstić information content (AvgIpc) is 1.62. The fourth-order valence-corrected chi connectivity index (χ4v) is 14.5. The molecular formula is C92H97F3N20O2S. The lowest BCUT2D eigenvalue weighted by molar-refractivity contribution is 0.156. The Kier molecular flexibility index (Phi) is 26.2. The molecular weight excluding hydrogens is 1510 g/mol. The first-order valence-corrected chi connectivity index (χ1v) is 41.5. The second kappa shape index (κ2) is 37.7. The number of nitrogens with one attached hydrogen (secondary N) is 4. The van der Waals surface area contributed by atoms with Crippen LogP contribution in [0, 0.1) is 17.5 Å². The maximum Gasteiger partial charge on any atom is 0.223 e. The normalized spacial score (nSPS) is 13.2. The van der Waals surface area contributed by atoms with E-state index in [4.69, 9.17) is 29.9 Å². The number of nitrogens with zero attached hydrogens (tertiary/aromatic N) is 16. The molecule has 1 fully saturated rings. The summed E-state index contributed by atoms with van der Waals surface area (Å²) in [5.41, 5.74) is 18.4. The average molecular weight is 1600 g/mol. The first-order chi connectivity index (χ1) is 57.1. The van der Waals surface area contributed by atoms with Crippen LogP contribution in [0.1, 0.15) is 92.5 Å². The molecule has 0 amide bonds. The highest BCUT2D eigenvalue weighted by molar-refractivity contribution is 7.88. The zero-order chi connectivity index (χ0) is 82.4. The summed E-state index contributed by atoms with van der Waals surface area (Å²) in [5.74, 6) is 0.675. The number of imidazole rings is 3. The molecule has 0 aliphatic carbocycles. The minimum Gasteiger partial charge on any atom is -0.348 e. The second-order valence-corrected chi connectivity index (χ2v) is 32.0. The summed E-state index contributed by atoms with van der Waals surface area (Å²) in [7, 11) is 2.98. The number of rotatable bonds is 29. The van der Waals surface area contributed by atoms with E-state index < -0.39 is 10.0 Å². The van der Waals surface area contributed by atoms with Crippen LogP contribution in [0.3, 0.4) is 0 Å². The van der Waals surface area contributed by atoms with Gasteiger partial charge >= 0.3 is 0 Å². The van der Waals surface area contributed by atoms with E-state index in [1.807, 2.05) is 118 Å². The molecule has 3 atom stereocenters. The van der Waals surface area contributed by atoms with Crippen molar-refractivity contribution in [3.63, 3.8) is 0 Å². The number of benzene rings is 6. The van der Waals surface area contributed by atoms with Crippen LogP contribution in [0.5, 0.6) is 0 Å². The molecule has 1 aliphatic rings. The molecule has 10 heterocycles. The standard InChI is InChI=1S/C32H34FN7.C30H32FN7O2S.C30H31FN6/c1-23(25-7-4-3-5-8-25)35-32-34-15-13-28(36-32)31-30(26-9-11-27(33)12-10-26)37-29-21-24(14-18-40(29)31)22-38(2)19-20-39-16-6-17-39;1-21(23-7-5-4-6-8-23)34-30-32-15-13-26(35-30)29-28(24-9-11-25(31)12-10-24)36-27-19-22(14-17-38(27)29)20-37(2)18-16-33-41(3,39)40;1-20(2)36(4)19-22-15-17-37-27(18-22)35-28(24-10-12-25(31)13-11-24)29(37)26-14-16-32-30(34-26)33-21(3)23-8-6-5-7-9-23/h3-5,7-15,18,21,23H,6,16-17,19-20,22H2,1-2H3,(H,34,35,36);4-15,17,19,21,33H,16,18,20H2,1-3H3,(H,32,34,35);5-18,20-21H,19H2,1-4H3,(H,32,33,34)/t23-;2*21-/m000/s1. The van der Waals surface area contributed by atoms with Crippen molar-refractivity contribution in [2.24, 2.45) is 0 Å². The molecule has 0 unspecified atom stereocenters. The van der Waals surface area contributed by atoms with Gasteiger partial charge in [0, 0.05) is 106 Å². The van der Waals surface area contributed by atoms with Crippen LogP contribution >= 0.6 is 0 Å². The molecule has 0 saturated carbocycles. The highest BCUT2D eigenvalue weighted by Gasteiger charge is 2.25. The van der Waals surface area contributed by atoms with Gasteiger partial charge in [0.25, 0.3) is 0 Å². The highest BCUT2D eigenvalue weighted by atomic mass is 32.2. The van der Waals surface area contributed by atoms with E-state index in [0.29, 0.717) is 60.6 Å². The third-order valence-corrected chi connectivity index (χ3v) is 21.6. The molecule has 16 rings (SSSR count). The molecule has 9 aromatic heterocycles. The van der Waals surface area contributed by atoms with E-state index in [1.54, 1.807) is 55.0 Å². The van der Waals surface area contributed by atoms with Crippen LogP contribution in [0.2, 0.25) is 0 Å². The minimum absolute atomic E-state index is 0.00242. The maximum atomic E-state index is 13.8. The fourth-order valence-electron chi connectivity index (χ4n) is 14.0. The minimum atomic E-state index is -3.23. The largest absolute Gasteiger partial charge is 0.348 e. The van der Waals surface area contributed by atoms with Gasteiger partial charge in [-0.2, -0.15) is 0 Å². The van der Waals surface area contributed by atoms with Crippen LogP contribution in [0.4, 0.5) is 31.0 Å². The first-order valence-electron chi connectivity index (χ1n) is 39.6. The van der Waals surface area contributed by atoms with Gasteiger partial charge in [-0.15, -0.1) is 0 Å². The zero-order valence-corrected chi connectivity index (χ0v) is 68.5. The number of anilines is 3. The number of likely N-dealkylation sites (N-methyl/N-ethyl adjacent to an activating group) is 2. The van der Waals surface area contributed by atoms with Crippen LogP contribution in [-0.4, -0.2) is 159 Å². The maximum absolute atomic E-state index is 13.8. The molecule has 0 bridgehead atoms. The van der Waals surface area contributed by atoms with Gasteiger partial charge in [-0.1, -0.05) is 91.0 Å². The summed E-state index contributed by atoms with van der Waals surface area (Å²) in [6, 6.07) is 68.3. The second-order valence-electron chi connectivity index (χ2n) is 30.2. The first kappa shape index (κ1) is 82.1. The van der Waals surface area contributed by atoms with Gasteiger partial charge in [0.1, 0.15) is 34.4 Å². The molecule has 15 aromatic rings. The Balaban J connectivity index is 0.000000146. The predicted molar refractivity (Wildman–Crippen MR) is 463 cm³/mol. The number of pyridine rings is 3. The van der Waals surface area contributed by atoms with Gasteiger partial charge < -0.3 is 30.7 Å². The summed E-state index contributed by atoms with van der Waals surface area (Å²) < 4.78 is 72.6. The number of hydrogen-bond acceptors (Lipinski definition) is 18. The van der Waals surface area contributed by atoms with Crippen molar-refractivity contribution in [3.8, 4) is 67.9 Å². The molecule has 1 saturated heterocycles. The van der Waals surface area contributed by atoms with Crippen molar-refractivity contribution >= 4 is 44.8 Å². The zero-order valence-electron chi connectivity index (χ0n) is 67.6. The van der Waals surface area contributed by atoms with E-state index >= 15 is 0 Å². The van der Waals surface area contributed by atoms with E-state index in [1.165, 1.54) is 67.0 Å². The Bertz CT molecular complexity index is 5980. The van der Waals surface area contributed by atoms with Crippen molar-refractivity contribution in [2.45, 2.75) is 84.8 Å². The third-order valence-electron chi connectivity index (χ3n) is 20.9. The van der Waals surface area contributed by atoms with Crippen molar-refractivity contribution in [1.82, 2.24) is 82.4 Å². The number of halogens is 3. The van der Waals surface area contributed by atoms with Crippen LogP contribution < -0.4 is 20.7 Å². The monoisotopic (exact) mass is 1600 g/mol. The molecule has 1 aliphatic heterocycles. The molecule has 118 heavy (non-hydrogen) atoms. The topological polar surface area (TPSA) is 224 Å². The van der Waals surface area contributed by atoms with E-state index in [0.717, 1.165) is 123 Å². The van der Waals surface area contributed by atoms with Crippen LogP contribution in [0.25, 0.3) is 84.9 Å². The Morgan fingerprint density at radius 2 is 0.746 bits per heavy atom. The number of hydrogen-bond donors (Lipinski definition) is 4. The van der Waals surface area contributed by atoms with Crippen molar-refractivity contribution in [3.05, 3.63) is 306 Å². The number of likely N-dealkylation sites (tertiary alicyclic amines) is 1. The van der Waals surface area contributed by atoms with E-state index in [9.17, 15) is 21.6 Å². The summed E-state index contributed by atoms with van der Waals surface area (Å²) in [4.78, 5) is 52.1. The molecule has 4 N–H and O–H groups in total. The van der Waals surface area contributed by atoms with E-state index in [-0.39, 0.29) is 35.6 Å². The molecule has 0 spiro atoms. The Morgan fingerprint density at radius 3 is 1.06 bits per heavy atom. The van der Waals surface area contributed by atoms with Gasteiger partial charge in [0.05, 0.1) is 75.6 Å². The van der Waals surface area contributed by atoms with Crippen LogP contribution in [0.15, 0.2) is 256 Å². The Morgan fingerprint density at radius 1 is 0.415 bits per heavy atom. The summed E-state index contributed by atoms with van der Waals surface area (Å²) in [5, 5.41) is 10.2. The third kappa shape index (κ3) is 20.9. The molecule has 26 heteroatoms.